The van der Waals surface area contributed by atoms with Gasteiger partial charge in [0, 0.05) is 31.0 Å². The fourth-order valence-electron chi connectivity index (χ4n) is 3.28. The van der Waals surface area contributed by atoms with E-state index in [2.05, 4.69) is 10.3 Å². The van der Waals surface area contributed by atoms with Crippen LogP contribution in [0.25, 0.3) is 16.7 Å². The molecule has 1 amide bonds. The Bertz CT molecular complexity index is 1230. The van der Waals surface area contributed by atoms with Gasteiger partial charge in [-0.15, -0.1) is 0 Å². The molecule has 7 heteroatoms. The number of imidazole rings is 1. The van der Waals surface area contributed by atoms with Gasteiger partial charge in [-0.2, -0.15) is 0 Å². The van der Waals surface area contributed by atoms with Crippen molar-refractivity contribution in [3.63, 3.8) is 0 Å². The van der Waals surface area contributed by atoms with Crippen molar-refractivity contribution in [1.29, 1.82) is 0 Å². The molecular formula is C21H19FN4O2. The van der Waals surface area contributed by atoms with Gasteiger partial charge in [-0.3, -0.25) is 14.0 Å². The average molecular weight is 378 g/mol. The lowest BCUT2D eigenvalue weighted by Crippen LogP contribution is -2.24. The minimum Gasteiger partial charge on any atom is -0.326 e. The topological polar surface area (TPSA) is 68.4 Å². The van der Waals surface area contributed by atoms with Gasteiger partial charge in [0.25, 0.3) is 5.56 Å². The summed E-state index contributed by atoms with van der Waals surface area (Å²) >= 11 is 0. The van der Waals surface area contributed by atoms with Gasteiger partial charge in [0.1, 0.15) is 5.82 Å². The standard InChI is InChI=1S/C21H19FN4O2/c1-14-4-7-16(8-5-14)24-19(27)3-2-11-26-18-13-15(22)6-9-17(18)25-12-10-23-20(25)21(26)28/h4-10,12-13H,2-3,11H2,1H3,(H,24,27). The molecule has 0 aliphatic heterocycles. The summed E-state index contributed by atoms with van der Waals surface area (Å²) in [5.41, 5.74) is 3.00. The number of anilines is 1. The number of nitrogens with one attached hydrogen (secondary N) is 1. The summed E-state index contributed by atoms with van der Waals surface area (Å²) in [4.78, 5) is 29.1. The summed E-state index contributed by atoms with van der Waals surface area (Å²) < 4.78 is 16.9. The Morgan fingerprint density at radius 2 is 1.93 bits per heavy atom. The van der Waals surface area contributed by atoms with E-state index in [0.717, 1.165) is 11.3 Å². The Hall–Kier alpha value is -3.48. The summed E-state index contributed by atoms with van der Waals surface area (Å²) in [5, 5.41) is 2.84. The molecule has 28 heavy (non-hydrogen) atoms. The molecule has 0 spiro atoms. The lowest BCUT2D eigenvalue weighted by molar-refractivity contribution is -0.116. The summed E-state index contributed by atoms with van der Waals surface area (Å²) in [6.07, 6.45) is 3.91. The number of amides is 1. The smallest absolute Gasteiger partial charge is 0.294 e. The molecule has 2 aromatic carbocycles. The van der Waals surface area contributed by atoms with Crippen LogP contribution >= 0.6 is 0 Å². The maximum absolute atomic E-state index is 13.8. The Morgan fingerprint density at radius 1 is 1.14 bits per heavy atom. The minimum atomic E-state index is -0.419. The monoisotopic (exact) mass is 378 g/mol. The van der Waals surface area contributed by atoms with Gasteiger partial charge in [0.2, 0.25) is 11.6 Å². The van der Waals surface area contributed by atoms with E-state index < -0.39 is 5.82 Å². The average Bonchev–Trinajstić information content (AvgIpc) is 3.16. The fourth-order valence-corrected chi connectivity index (χ4v) is 3.28. The first-order chi connectivity index (χ1) is 13.5. The largest absolute Gasteiger partial charge is 0.326 e. The molecule has 142 valence electrons. The highest BCUT2D eigenvalue weighted by Crippen LogP contribution is 2.16. The van der Waals surface area contributed by atoms with Crippen molar-refractivity contribution in [2.75, 3.05) is 5.32 Å². The van der Waals surface area contributed by atoms with Crippen molar-refractivity contribution >= 4 is 28.3 Å². The van der Waals surface area contributed by atoms with Crippen molar-refractivity contribution in [2.45, 2.75) is 26.3 Å². The highest BCUT2D eigenvalue weighted by atomic mass is 19.1. The Balaban J connectivity index is 1.54. The van der Waals surface area contributed by atoms with E-state index in [9.17, 15) is 14.0 Å². The molecule has 0 saturated heterocycles. The second-order valence-corrected chi connectivity index (χ2v) is 6.73. The zero-order valence-electron chi connectivity index (χ0n) is 15.4. The van der Waals surface area contributed by atoms with Crippen molar-refractivity contribution < 1.29 is 9.18 Å². The number of fused-ring (bicyclic) bond motifs is 3. The number of benzene rings is 2. The number of rotatable bonds is 5. The van der Waals surface area contributed by atoms with Crippen LogP contribution in [0.15, 0.2) is 59.7 Å². The molecule has 4 rings (SSSR count). The van der Waals surface area contributed by atoms with E-state index in [1.807, 2.05) is 31.2 Å². The number of carbonyl (C=O) groups is 1. The van der Waals surface area contributed by atoms with Gasteiger partial charge in [0.15, 0.2) is 0 Å². The van der Waals surface area contributed by atoms with Gasteiger partial charge in [-0.05, 0) is 43.7 Å². The van der Waals surface area contributed by atoms with E-state index in [-0.39, 0.29) is 23.5 Å². The molecular weight excluding hydrogens is 359 g/mol. The number of aryl methyl sites for hydroxylation is 2. The predicted molar refractivity (Wildman–Crippen MR) is 106 cm³/mol. The maximum Gasteiger partial charge on any atom is 0.294 e. The van der Waals surface area contributed by atoms with Crippen LogP contribution in [0.3, 0.4) is 0 Å². The molecule has 0 radical (unpaired) electrons. The molecule has 0 fully saturated rings. The number of carbonyl (C=O) groups excluding carboxylic acids is 1. The summed E-state index contributed by atoms with van der Waals surface area (Å²) in [6, 6.07) is 11.9. The summed E-state index contributed by atoms with van der Waals surface area (Å²) in [6.45, 7) is 2.27. The summed E-state index contributed by atoms with van der Waals surface area (Å²) in [5.74, 6) is -0.550. The SMILES string of the molecule is Cc1ccc(NC(=O)CCCn2c(=O)c3nccn3c3ccc(F)cc32)cc1. The van der Waals surface area contributed by atoms with Crippen LogP contribution in [-0.4, -0.2) is 19.9 Å². The molecule has 2 aromatic heterocycles. The molecule has 0 aliphatic carbocycles. The molecule has 4 aromatic rings. The maximum atomic E-state index is 13.8. The fraction of sp³-hybridized carbons (Fsp3) is 0.190. The number of nitrogens with zero attached hydrogens (tertiary/aromatic N) is 3. The number of hydrogen-bond acceptors (Lipinski definition) is 3. The van der Waals surface area contributed by atoms with Gasteiger partial charge in [-0.25, -0.2) is 9.37 Å². The van der Waals surface area contributed by atoms with Crippen molar-refractivity contribution in [1.82, 2.24) is 14.0 Å². The van der Waals surface area contributed by atoms with Gasteiger partial charge in [0.05, 0.1) is 11.0 Å². The number of halogens is 1. The van der Waals surface area contributed by atoms with Crippen LogP contribution < -0.4 is 10.9 Å². The molecule has 0 saturated carbocycles. The first kappa shape index (κ1) is 17.9. The van der Waals surface area contributed by atoms with Crippen LogP contribution in [0, 0.1) is 12.7 Å². The Morgan fingerprint density at radius 3 is 2.71 bits per heavy atom. The Kier molecular flexibility index (Phi) is 4.65. The minimum absolute atomic E-state index is 0.130. The van der Waals surface area contributed by atoms with Gasteiger partial charge in [-0.1, -0.05) is 17.7 Å². The lowest BCUT2D eigenvalue weighted by atomic mass is 10.2. The van der Waals surface area contributed by atoms with Gasteiger partial charge >= 0.3 is 0 Å². The van der Waals surface area contributed by atoms with E-state index in [1.54, 1.807) is 22.9 Å². The van der Waals surface area contributed by atoms with Crippen LogP contribution in [0.1, 0.15) is 18.4 Å². The molecule has 6 nitrogen and oxygen atoms in total. The molecule has 0 unspecified atom stereocenters. The first-order valence-corrected chi connectivity index (χ1v) is 9.04. The molecule has 2 heterocycles. The van der Waals surface area contributed by atoms with Crippen LogP contribution in [0.2, 0.25) is 0 Å². The number of aromatic nitrogens is 3. The highest BCUT2D eigenvalue weighted by Gasteiger charge is 2.13. The zero-order chi connectivity index (χ0) is 19.7. The van der Waals surface area contributed by atoms with E-state index in [0.29, 0.717) is 24.0 Å². The first-order valence-electron chi connectivity index (χ1n) is 9.04. The van der Waals surface area contributed by atoms with E-state index in [1.165, 1.54) is 16.7 Å². The number of hydrogen-bond donors (Lipinski definition) is 1. The highest BCUT2D eigenvalue weighted by molar-refractivity contribution is 5.90. The molecule has 0 aliphatic rings. The lowest BCUT2D eigenvalue weighted by Gasteiger charge is -2.12. The van der Waals surface area contributed by atoms with Gasteiger partial charge < -0.3 is 9.88 Å². The summed E-state index contributed by atoms with van der Waals surface area (Å²) in [7, 11) is 0. The quantitative estimate of drug-likeness (QED) is 0.578. The second kappa shape index (κ2) is 7.26. The van der Waals surface area contributed by atoms with Crippen LogP contribution in [0.5, 0.6) is 0 Å². The van der Waals surface area contributed by atoms with Crippen molar-refractivity contribution in [2.24, 2.45) is 0 Å². The third kappa shape index (κ3) is 3.38. The van der Waals surface area contributed by atoms with E-state index in [4.69, 9.17) is 0 Å². The van der Waals surface area contributed by atoms with Crippen molar-refractivity contribution in [3.05, 3.63) is 76.6 Å². The molecule has 0 bridgehead atoms. The normalized spacial score (nSPS) is 11.2. The zero-order valence-corrected chi connectivity index (χ0v) is 15.4. The van der Waals surface area contributed by atoms with Crippen LogP contribution in [0.4, 0.5) is 10.1 Å². The van der Waals surface area contributed by atoms with Crippen molar-refractivity contribution in [3.8, 4) is 0 Å². The Labute approximate surface area is 160 Å². The molecule has 0 atom stereocenters. The second-order valence-electron chi connectivity index (χ2n) is 6.73. The third-order valence-electron chi connectivity index (χ3n) is 4.69. The van der Waals surface area contributed by atoms with Crippen LogP contribution in [-0.2, 0) is 11.3 Å². The van der Waals surface area contributed by atoms with E-state index >= 15 is 0 Å². The molecule has 1 N–H and O–H groups in total. The predicted octanol–water partition coefficient (Wildman–Crippen LogP) is 3.52. The third-order valence-corrected chi connectivity index (χ3v) is 4.69.